The number of benzene rings is 1. The number of fused-ring (bicyclic) bond motifs is 1. The van der Waals surface area contributed by atoms with Crippen LogP contribution >= 0.6 is 0 Å². The van der Waals surface area contributed by atoms with E-state index in [9.17, 15) is 4.79 Å². The Balaban J connectivity index is 1.57. The third-order valence-electron chi connectivity index (χ3n) is 4.18. The van der Waals surface area contributed by atoms with Crippen LogP contribution in [0.25, 0.3) is 11.0 Å². The average molecular weight is 286 g/mol. The first-order valence-corrected chi connectivity index (χ1v) is 7.63. The molecule has 1 aliphatic rings. The molecular formula is C16H22N4O. The third-order valence-corrected chi connectivity index (χ3v) is 4.18. The van der Waals surface area contributed by atoms with Gasteiger partial charge in [0.05, 0.1) is 11.0 Å². The van der Waals surface area contributed by atoms with Crippen LogP contribution < -0.4 is 10.6 Å². The van der Waals surface area contributed by atoms with Crippen LogP contribution in [0.2, 0.25) is 0 Å². The monoisotopic (exact) mass is 286 g/mol. The summed E-state index contributed by atoms with van der Waals surface area (Å²) in [6.07, 6.45) is 2.28. The zero-order valence-corrected chi connectivity index (χ0v) is 12.4. The first-order chi connectivity index (χ1) is 10.2. The van der Waals surface area contributed by atoms with E-state index >= 15 is 0 Å². The van der Waals surface area contributed by atoms with E-state index in [0.717, 1.165) is 42.9 Å². The number of carbonyl (C=O) groups is 1. The molecule has 1 atom stereocenters. The fourth-order valence-corrected chi connectivity index (χ4v) is 2.97. The first-order valence-electron chi connectivity index (χ1n) is 7.63. The zero-order chi connectivity index (χ0) is 14.7. The predicted octanol–water partition coefficient (Wildman–Crippen LogP) is 1.46. The molecule has 1 unspecified atom stereocenters. The zero-order valence-electron chi connectivity index (χ0n) is 12.4. The van der Waals surface area contributed by atoms with Gasteiger partial charge in [0.25, 0.3) is 0 Å². The summed E-state index contributed by atoms with van der Waals surface area (Å²) in [6, 6.07) is 7.93. The molecule has 1 aliphatic heterocycles. The lowest BCUT2D eigenvalue weighted by Crippen LogP contribution is -2.30. The van der Waals surface area contributed by atoms with Gasteiger partial charge in [0.15, 0.2) is 0 Å². The number of imidazole rings is 1. The topological polar surface area (TPSA) is 59.0 Å². The van der Waals surface area contributed by atoms with Crippen LogP contribution in [0.1, 0.15) is 18.7 Å². The van der Waals surface area contributed by atoms with Gasteiger partial charge in [0.1, 0.15) is 12.4 Å². The summed E-state index contributed by atoms with van der Waals surface area (Å²) >= 11 is 0. The standard InChI is InChI=1S/C16H22N4O/c1-12-19-14-4-2-3-5-15(14)20(12)11-16(21)18-9-7-13-6-8-17-10-13/h2-5,13,17H,6-11H2,1H3,(H,18,21). The van der Waals surface area contributed by atoms with Crippen molar-refractivity contribution >= 4 is 16.9 Å². The Morgan fingerprint density at radius 3 is 3.14 bits per heavy atom. The molecule has 3 rings (SSSR count). The second-order valence-corrected chi connectivity index (χ2v) is 5.73. The van der Waals surface area contributed by atoms with Crippen molar-refractivity contribution in [3.63, 3.8) is 0 Å². The van der Waals surface area contributed by atoms with E-state index in [0.29, 0.717) is 12.5 Å². The minimum Gasteiger partial charge on any atom is -0.355 e. The van der Waals surface area contributed by atoms with E-state index in [1.807, 2.05) is 35.8 Å². The number of hydrogen-bond donors (Lipinski definition) is 2. The SMILES string of the molecule is Cc1nc2ccccc2n1CC(=O)NCCC1CCNC1. The number of aromatic nitrogens is 2. The highest BCUT2D eigenvalue weighted by Crippen LogP contribution is 2.15. The molecule has 2 aromatic rings. The summed E-state index contributed by atoms with van der Waals surface area (Å²) in [5.41, 5.74) is 1.96. The van der Waals surface area contributed by atoms with Crippen LogP contribution in [-0.2, 0) is 11.3 Å². The van der Waals surface area contributed by atoms with Crippen molar-refractivity contribution in [1.82, 2.24) is 20.2 Å². The number of amides is 1. The van der Waals surface area contributed by atoms with E-state index in [2.05, 4.69) is 15.6 Å². The van der Waals surface area contributed by atoms with Gasteiger partial charge < -0.3 is 15.2 Å². The normalized spacial score (nSPS) is 18.2. The minimum absolute atomic E-state index is 0.0622. The first kappa shape index (κ1) is 14.1. The van der Waals surface area contributed by atoms with Crippen molar-refractivity contribution in [2.24, 2.45) is 5.92 Å². The highest BCUT2D eigenvalue weighted by atomic mass is 16.1. The number of hydrogen-bond acceptors (Lipinski definition) is 3. The van der Waals surface area contributed by atoms with E-state index < -0.39 is 0 Å². The maximum Gasteiger partial charge on any atom is 0.240 e. The molecule has 0 spiro atoms. The molecule has 1 aromatic carbocycles. The summed E-state index contributed by atoms with van der Waals surface area (Å²) in [7, 11) is 0. The Morgan fingerprint density at radius 1 is 1.48 bits per heavy atom. The molecule has 1 amide bonds. The summed E-state index contributed by atoms with van der Waals surface area (Å²) < 4.78 is 1.97. The molecule has 21 heavy (non-hydrogen) atoms. The molecule has 1 aromatic heterocycles. The summed E-state index contributed by atoms with van der Waals surface area (Å²) in [5.74, 6) is 1.65. The largest absolute Gasteiger partial charge is 0.355 e. The molecule has 1 saturated heterocycles. The molecule has 2 heterocycles. The number of aryl methyl sites for hydroxylation is 1. The maximum absolute atomic E-state index is 12.1. The van der Waals surface area contributed by atoms with Gasteiger partial charge in [-0.25, -0.2) is 4.98 Å². The van der Waals surface area contributed by atoms with E-state index in [1.165, 1.54) is 6.42 Å². The Labute approximate surface area is 124 Å². The number of rotatable bonds is 5. The molecule has 2 N–H and O–H groups in total. The Morgan fingerprint density at radius 2 is 2.33 bits per heavy atom. The van der Waals surface area contributed by atoms with Crippen LogP contribution in [0, 0.1) is 12.8 Å². The number of nitrogens with zero attached hydrogens (tertiary/aromatic N) is 2. The fourth-order valence-electron chi connectivity index (χ4n) is 2.97. The van der Waals surface area contributed by atoms with Crippen molar-refractivity contribution in [1.29, 1.82) is 0 Å². The van der Waals surface area contributed by atoms with Crippen molar-refractivity contribution in [2.75, 3.05) is 19.6 Å². The fraction of sp³-hybridized carbons (Fsp3) is 0.500. The molecule has 112 valence electrons. The highest BCUT2D eigenvalue weighted by molar-refractivity contribution is 5.81. The van der Waals surface area contributed by atoms with Gasteiger partial charge in [-0.2, -0.15) is 0 Å². The van der Waals surface area contributed by atoms with Crippen LogP contribution in [0.5, 0.6) is 0 Å². The summed E-state index contributed by atoms with van der Waals surface area (Å²) in [5, 5.41) is 6.37. The van der Waals surface area contributed by atoms with Crippen LogP contribution in [-0.4, -0.2) is 35.1 Å². The van der Waals surface area contributed by atoms with Gasteiger partial charge in [-0.1, -0.05) is 12.1 Å². The molecule has 5 nitrogen and oxygen atoms in total. The Bertz CT molecular complexity index is 628. The van der Waals surface area contributed by atoms with E-state index in [4.69, 9.17) is 0 Å². The lowest BCUT2D eigenvalue weighted by molar-refractivity contribution is -0.121. The second-order valence-electron chi connectivity index (χ2n) is 5.73. The van der Waals surface area contributed by atoms with Crippen molar-refractivity contribution in [2.45, 2.75) is 26.3 Å². The van der Waals surface area contributed by atoms with Gasteiger partial charge in [-0.3, -0.25) is 4.79 Å². The molecule has 0 bridgehead atoms. The Kier molecular flexibility index (Phi) is 4.20. The average Bonchev–Trinajstić information content (AvgIpc) is 3.08. The third kappa shape index (κ3) is 3.24. The molecule has 0 aliphatic carbocycles. The van der Waals surface area contributed by atoms with Gasteiger partial charge in [0, 0.05) is 6.54 Å². The van der Waals surface area contributed by atoms with Gasteiger partial charge >= 0.3 is 0 Å². The molecule has 0 saturated carbocycles. The van der Waals surface area contributed by atoms with E-state index in [1.54, 1.807) is 0 Å². The molecule has 0 radical (unpaired) electrons. The lowest BCUT2D eigenvalue weighted by Gasteiger charge is -2.11. The van der Waals surface area contributed by atoms with Crippen LogP contribution in [0.3, 0.4) is 0 Å². The van der Waals surface area contributed by atoms with Crippen molar-refractivity contribution in [3.8, 4) is 0 Å². The number of carbonyl (C=O) groups excluding carboxylic acids is 1. The van der Waals surface area contributed by atoms with Gasteiger partial charge in [-0.15, -0.1) is 0 Å². The minimum atomic E-state index is 0.0622. The predicted molar refractivity (Wildman–Crippen MR) is 83.1 cm³/mol. The molecule has 1 fully saturated rings. The van der Waals surface area contributed by atoms with Crippen LogP contribution in [0.15, 0.2) is 24.3 Å². The maximum atomic E-state index is 12.1. The lowest BCUT2D eigenvalue weighted by atomic mass is 10.1. The smallest absolute Gasteiger partial charge is 0.240 e. The van der Waals surface area contributed by atoms with Crippen LogP contribution in [0.4, 0.5) is 0 Å². The van der Waals surface area contributed by atoms with E-state index in [-0.39, 0.29) is 5.91 Å². The summed E-state index contributed by atoms with van der Waals surface area (Å²) in [4.78, 5) is 16.6. The van der Waals surface area contributed by atoms with Crippen molar-refractivity contribution < 1.29 is 4.79 Å². The Hall–Kier alpha value is -1.88. The number of para-hydroxylation sites is 2. The summed E-state index contributed by atoms with van der Waals surface area (Å²) in [6.45, 7) is 5.24. The molecule has 5 heteroatoms. The highest BCUT2D eigenvalue weighted by Gasteiger charge is 2.15. The van der Waals surface area contributed by atoms with Gasteiger partial charge in [-0.05, 0) is 50.9 Å². The quantitative estimate of drug-likeness (QED) is 0.875. The van der Waals surface area contributed by atoms with Crippen molar-refractivity contribution in [3.05, 3.63) is 30.1 Å². The second kappa shape index (κ2) is 6.26. The number of nitrogens with one attached hydrogen (secondary N) is 2. The van der Waals surface area contributed by atoms with Gasteiger partial charge in [0.2, 0.25) is 5.91 Å². The molecular weight excluding hydrogens is 264 g/mol.